The molecule has 0 bridgehead atoms. The Hall–Kier alpha value is -2.33. The molecule has 0 spiro atoms. The summed E-state index contributed by atoms with van der Waals surface area (Å²) in [6, 6.07) is 14.6. The van der Waals surface area contributed by atoms with E-state index in [1.165, 1.54) is 6.92 Å². The molecule has 2 amide bonds. The minimum Gasteiger partial charge on any atom is -0.352 e. The molecule has 0 heterocycles. The Morgan fingerprint density at radius 1 is 1.04 bits per heavy atom. The number of carbonyl (C=O) groups is 2. The average molecular weight is 345 g/mol. The molecule has 24 heavy (non-hydrogen) atoms. The summed E-state index contributed by atoms with van der Waals surface area (Å²) < 4.78 is 0. The van der Waals surface area contributed by atoms with Crippen molar-refractivity contribution in [1.29, 1.82) is 0 Å². The van der Waals surface area contributed by atoms with Gasteiger partial charge >= 0.3 is 0 Å². The lowest BCUT2D eigenvalue weighted by molar-refractivity contribution is -0.119. The van der Waals surface area contributed by atoms with Crippen molar-refractivity contribution < 1.29 is 9.59 Å². The number of benzene rings is 2. The molecular weight excluding hydrogens is 324 g/mol. The van der Waals surface area contributed by atoms with E-state index in [4.69, 9.17) is 11.6 Å². The van der Waals surface area contributed by atoms with Gasteiger partial charge in [-0.05, 0) is 41.8 Å². The van der Waals surface area contributed by atoms with Gasteiger partial charge in [-0.3, -0.25) is 9.59 Å². The zero-order chi connectivity index (χ0) is 17.5. The van der Waals surface area contributed by atoms with Gasteiger partial charge in [0.15, 0.2) is 0 Å². The number of hydrogen-bond acceptors (Lipinski definition) is 2. The first-order chi connectivity index (χ1) is 11.5. The summed E-state index contributed by atoms with van der Waals surface area (Å²) in [7, 11) is 0. The summed E-state index contributed by atoms with van der Waals surface area (Å²) in [5, 5.41) is 6.44. The van der Waals surface area contributed by atoms with Gasteiger partial charge in [0.05, 0.1) is 6.04 Å². The van der Waals surface area contributed by atoms with Gasteiger partial charge in [0.1, 0.15) is 0 Å². The molecule has 0 radical (unpaired) electrons. The minimum absolute atomic E-state index is 0.0613. The molecule has 0 unspecified atom stereocenters. The molecule has 0 aliphatic heterocycles. The predicted molar refractivity (Wildman–Crippen MR) is 95.9 cm³/mol. The molecule has 1 atom stereocenters. The van der Waals surface area contributed by atoms with Crippen molar-refractivity contribution in [3.63, 3.8) is 0 Å². The normalized spacial score (nSPS) is 11.6. The fourth-order valence-electron chi connectivity index (χ4n) is 2.36. The van der Waals surface area contributed by atoms with E-state index in [0.717, 1.165) is 17.5 Å². The summed E-state index contributed by atoms with van der Waals surface area (Å²) in [5.41, 5.74) is 2.57. The quantitative estimate of drug-likeness (QED) is 0.836. The summed E-state index contributed by atoms with van der Waals surface area (Å²) in [6.07, 6.45) is 0.786. The van der Waals surface area contributed by atoms with E-state index < -0.39 is 0 Å². The zero-order valence-corrected chi connectivity index (χ0v) is 14.6. The number of nitrogens with one attached hydrogen (secondary N) is 2. The van der Waals surface area contributed by atoms with Crippen molar-refractivity contribution in [2.45, 2.75) is 32.9 Å². The maximum absolute atomic E-state index is 12.4. The van der Waals surface area contributed by atoms with Gasteiger partial charge < -0.3 is 10.6 Å². The summed E-state index contributed by atoms with van der Waals surface area (Å²) in [5.74, 6) is -0.201. The Labute approximate surface area is 147 Å². The van der Waals surface area contributed by atoms with Gasteiger partial charge in [0, 0.05) is 24.1 Å². The van der Waals surface area contributed by atoms with Crippen LogP contribution in [0.1, 0.15) is 47.8 Å². The Morgan fingerprint density at radius 3 is 2.21 bits per heavy atom. The molecule has 2 aromatic rings. The van der Waals surface area contributed by atoms with Crippen molar-refractivity contribution in [3.8, 4) is 0 Å². The van der Waals surface area contributed by atoms with Crippen LogP contribution in [0.4, 0.5) is 0 Å². The Kier molecular flexibility index (Phi) is 6.38. The Balaban J connectivity index is 2.02. The van der Waals surface area contributed by atoms with E-state index in [1.807, 2.05) is 43.3 Å². The largest absolute Gasteiger partial charge is 0.352 e. The maximum atomic E-state index is 12.4. The van der Waals surface area contributed by atoms with E-state index in [0.29, 0.717) is 17.1 Å². The summed E-state index contributed by atoms with van der Waals surface area (Å²) in [6.45, 7) is 3.96. The Morgan fingerprint density at radius 2 is 1.67 bits per heavy atom. The number of carbonyl (C=O) groups excluding carboxylic acids is 2. The highest BCUT2D eigenvalue weighted by atomic mass is 35.5. The van der Waals surface area contributed by atoms with Crippen LogP contribution in [0.5, 0.6) is 0 Å². The van der Waals surface area contributed by atoms with Crippen molar-refractivity contribution in [2.24, 2.45) is 0 Å². The molecule has 2 aromatic carbocycles. The van der Waals surface area contributed by atoms with Crippen LogP contribution in [0.25, 0.3) is 0 Å². The second kappa shape index (κ2) is 8.50. The Bertz CT molecular complexity index is 696. The molecule has 0 aliphatic carbocycles. The van der Waals surface area contributed by atoms with Crippen LogP contribution in [-0.4, -0.2) is 11.8 Å². The molecule has 2 N–H and O–H groups in total. The van der Waals surface area contributed by atoms with Gasteiger partial charge in [0.2, 0.25) is 5.91 Å². The smallest absolute Gasteiger partial charge is 0.251 e. The SMILES string of the molecule is CC[C@@H](NC(=O)c1ccc(CNC(C)=O)cc1)c1ccc(Cl)cc1. The molecule has 126 valence electrons. The molecule has 0 aromatic heterocycles. The predicted octanol–water partition coefficient (Wildman–Crippen LogP) is 3.86. The fourth-order valence-corrected chi connectivity index (χ4v) is 2.48. The van der Waals surface area contributed by atoms with Crippen molar-refractivity contribution in [3.05, 3.63) is 70.2 Å². The van der Waals surface area contributed by atoms with E-state index in [1.54, 1.807) is 12.1 Å². The van der Waals surface area contributed by atoms with Gasteiger partial charge in [-0.15, -0.1) is 0 Å². The molecular formula is C19H21ClN2O2. The molecule has 0 saturated heterocycles. The number of amides is 2. The average Bonchev–Trinajstić information content (AvgIpc) is 2.59. The highest BCUT2D eigenvalue weighted by Gasteiger charge is 2.14. The van der Waals surface area contributed by atoms with Crippen LogP contribution in [0.3, 0.4) is 0 Å². The summed E-state index contributed by atoms with van der Waals surface area (Å²) >= 11 is 5.91. The van der Waals surface area contributed by atoms with Gasteiger partial charge in [-0.2, -0.15) is 0 Å². The van der Waals surface area contributed by atoms with Crippen LogP contribution in [0.15, 0.2) is 48.5 Å². The molecule has 5 heteroatoms. The molecule has 4 nitrogen and oxygen atoms in total. The van der Waals surface area contributed by atoms with Crippen molar-refractivity contribution >= 4 is 23.4 Å². The standard InChI is InChI=1S/C19H21ClN2O2/c1-3-18(15-8-10-17(20)11-9-15)22-19(24)16-6-4-14(5-7-16)12-21-13(2)23/h4-11,18H,3,12H2,1-2H3,(H,21,23)(H,22,24)/t18-/m1/s1. The maximum Gasteiger partial charge on any atom is 0.251 e. The number of rotatable bonds is 6. The third-order valence-corrected chi connectivity index (χ3v) is 4.00. The monoisotopic (exact) mass is 344 g/mol. The third kappa shape index (κ3) is 5.10. The second-order valence-corrected chi connectivity index (χ2v) is 6.03. The molecule has 0 aliphatic rings. The minimum atomic E-state index is -0.122. The number of hydrogen-bond donors (Lipinski definition) is 2. The first-order valence-electron chi connectivity index (χ1n) is 7.89. The lowest BCUT2D eigenvalue weighted by Gasteiger charge is -2.17. The van der Waals surface area contributed by atoms with E-state index in [-0.39, 0.29) is 17.9 Å². The molecule has 0 saturated carbocycles. The fraction of sp³-hybridized carbons (Fsp3) is 0.263. The van der Waals surface area contributed by atoms with Crippen molar-refractivity contribution in [1.82, 2.24) is 10.6 Å². The lowest BCUT2D eigenvalue weighted by atomic mass is 10.0. The number of halogens is 1. The summed E-state index contributed by atoms with van der Waals surface area (Å²) in [4.78, 5) is 23.3. The topological polar surface area (TPSA) is 58.2 Å². The van der Waals surface area contributed by atoms with Crippen LogP contribution in [-0.2, 0) is 11.3 Å². The van der Waals surface area contributed by atoms with E-state index in [9.17, 15) is 9.59 Å². The molecule has 2 rings (SSSR count). The van der Waals surface area contributed by atoms with Gasteiger partial charge in [0.25, 0.3) is 5.91 Å². The van der Waals surface area contributed by atoms with Crippen LogP contribution >= 0.6 is 11.6 Å². The van der Waals surface area contributed by atoms with E-state index in [2.05, 4.69) is 10.6 Å². The first-order valence-corrected chi connectivity index (χ1v) is 8.27. The second-order valence-electron chi connectivity index (χ2n) is 5.59. The zero-order valence-electron chi connectivity index (χ0n) is 13.8. The van der Waals surface area contributed by atoms with Gasteiger partial charge in [-0.25, -0.2) is 0 Å². The van der Waals surface area contributed by atoms with Crippen LogP contribution < -0.4 is 10.6 Å². The van der Waals surface area contributed by atoms with Crippen molar-refractivity contribution in [2.75, 3.05) is 0 Å². The highest BCUT2D eigenvalue weighted by molar-refractivity contribution is 6.30. The van der Waals surface area contributed by atoms with Crippen LogP contribution in [0, 0.1) is 0 Å². The first kappa shape index (κ1) is 18.0. The van der Waals surface area contributed by atoms with Gasteiger partial charge in [-0.1, -0.05) is 42.8 Å². The highest BCUT2D eigenvalue weighted by Crippen LogP contribution is 2.19. The third-order valence-electron chi connectivity index (χ3n) is 3.74. The van der Waals surface area contributed by atoms with Crippen LogP contribution in [0.2, 0.25) is 5.02 Å². The van der Waals surface area contributed by atoms with E-state index >= 15 is 0 Å². The lowest BCUT2D eigenvalue weighted by Crippen LogP contribution is -2.28. The molecule has 0 fully saturated rings.